The van der Waals surface area contributed by atoms with E-state index in [0.29, 0.717) is 58.0 Å². The molecule has 2 N–H and O–H groups in total. The second kappa shape index (κ2) is 14.8. The third-order valence-corrected chi connectivity index (χ3v) is 11.2. The number of anilines is 1. The van der Waals surface area contributed by atoms with Crippen LogP contribution in [0.5, 0.6) is 0 Å². The Balaban J connectivity index is 0.990. The average Bonchev–Trinajstić information content (AvgIpc) is 3.54. The third kappa shape index (κ3) is 7.40. The molecule has 4 aliphatic heterocycles. The highest BCUT2D eigenvalue weighted by Crippen LogP contribution is 2.27. The summed E-state index contributed by atoms with van der Waals surface area (Å²) in [7, 11) is 0. The fourth-order valence-corrected chi connectivity index (χ4v) is 8.22. The molecule has 12 heteroatoms. The van der Waals surface area contributed by atoms with Gasteiger partial charge in [-0.15, -0.1) is 0 Å². The Bertz CT molecular complexity index is 1640. The zero-order valence-electron chi connectivity index (χ0n) is 28.9. The van der Waals surface area contributed by atoms with Crippen LogP contribution in [0.1, 0.15) is 49.3 Å². The lowest BCUT2D eigenvalue weighted by molar-refractivity contribution is -0.142. The van der Waals surface area contributed by atoms with Gasteiger partial charge in [0.05, 0.1) is 11.7 Å². The number of nitrogens with zero attached hydrogens (tertiary/aromatic N) is 6. The van der Waals surface area contributed by atoms with Gasteiger partial charge in [-0.3, -0.25) is 14.8 Å². The van der Waals surface area contributed by atoms with Crippen LogP contribution in [0.25, 0.3) is 10.9 Å². The number of hydrogen-bond acceptors (Lipinski definition) is 7. The maximum absolute atomic E-state index is 14.1. The number of carbonyl (C=O) groups is 3. The van der Waals surface area contributed by atoms with Crippen molar-refractivity contribution in [3.63, 3.8) is 0 Å². The largest absolute Gasteiger partial charge is 0.436 e. The van der Waals surface area contributed by atoms with Gasteiger partial charge in [0.2, 0.25) is 0 Å². The van der Waals surface area contributed by atoms with Crippen molar-refractivity contribution in [1.29, 1.82) is 0 Å². The number of aromatic nitrogens is 2. The number of fused-ring (bicyclic) bond motifs is 2. The molecule has 3 fully saturated rings. The number of para-hydroxylation sites is 1. The van der Waals surface area contributed by atoms with Gasteiger partial charge in [0.1, 0.15) is 0 Å². The lowest BCUT2D eigenvalue weighted by Gasteiger charge is -2.43. The maximum atomic E-state index is 14.1. The van der Waals surface area contributed by atoms with Crippen LogP contribution < -0.4 is 5.32 Å². The fraction of sp³-hybridized carbons (Fsp3) is 0.568. The van der Waals surface area contributed by atoms with Crippen molar-refractivity contribution in [3.05, 3.63) is 59.3 Å². The van der Waals surface area contributed by atoms with E-state index in [-0.39, 0.29) is 18.0 Å². The van der Waals surface area contributed by atoms with Crippen LogP contribution in [-0.4, -0.2) is 136 Å². The summed E-state index contributed by atoms with van der Waals surface area (Å²) in [4.78, 5) is 51.6. The number of rotatable bonds is 7. The first-order valence-corrected chi connectivity index (χ1v) is 18.1. The first-order valence-electron chi connectivity index (χ1n) is 18.1. The molecule has 0 bridgehead atoms. The molecule has 0 saturated carbocycles. The second-order valence-corrected chi connectivity index (χ2v) is 14.1. The van der Waals surface area contributed by atoms with E-state index >= 15 is 0 Å². The van der Waals surface area contributed by atoms with Gasteiger partial charge in [0, 0.05) is 88.5 Å². The number of urea groups is 1. The number of piperidine rings is 2. The van der Waals surface area contributed by atoms with Crippen LogP contribution in [0, 0.1) is 6.92 Å². The molecule has 2 aromatic carbocycles. The molecule has 4 amide bonds. The number of carbonyl (C=O) groups excluding carboxylic acids is 3. The maximum Gasteiger partial charge on any atom is 0.410 e. The van der Waals surface area contributed by atoms with E-state index in [1.165, 1.54) is 0 Å². The quantitative estimate of drug-likeness (QED) is 0.389. The van der Waals surface area contributed by atoms with Crippen molar-refractivity contribution in [2.45, 2.75) is 70.6 Å². The zero-order valence-corrected chi connectivity index (χ0v) is 28.9. The topological polar surface area (TPSA) is 117 Å². The molecule has 0 unspecified atom stereocenters. The molecule has 4 aliphatic rings. The molecule has 1 aromatic heterocycles. The van der Waals surface area contributed by atoms with Gasteiger partial charge < -0.3 is 29.7 Å². The Hall–Kier alpha value is -4.16. The summed E-state index contributed by atoms with van der Waals surface area (Å²) in [5.74, 6) is -0.122. The first kappa shape index (κ1) is 33.3. The summed E-state index contributed by atoms with van der Waals surface area (Å²) in [5, 5.41) is 11.3. The minimum atomic E-state index is -0.923. The summed E-state index contributed by atoms with van der Waals surface area (Å²) >= 11 is 0. The number of aryl methyl sites for hydroxylation is 1. The number of benzene rings is 2. The summed E-state index contributed by atoms with van der Waals surface area (Å²) in [6.45, 7) is 12.6. The highest BCUT2D eigenvalue weighted by molar-refractivity contribution is 5.91. The summed E-state index contributed by atoms with van der Waals surface area (Å²) in [6.07, 6.45) is 4.67. The average molecular weight is 671 g/mol. The molecule has 0 aliphatic carbocycles. The van der Waals surface area contributed by atoms with E-state index in [1.807, 2.05) is 47.1 Å². The molecule has 49 heavy (non-hydrogen) atoms. The molecular formula is C37H50N8O4. The number of ether oxygens (including phenoxy) is 1. The van der Waals surface area contributed by atoms with E-state index in [9.17, 15) is 14.4 Å². The van der Waals surface area contributed by atoms with Crippen LogP contribution >= 0.6 is 0 Å². The van der Waals surface area contributed by atoms with Crippen molar-refractivity contribution >= 4 is 34.6 Å². The zero-order chi connectivity index (χ0) is 33.9. The standard InChI is InChI=1S/C37H50N8O4/c1-3-41-18-20-42(21-19-41)30-9-13-43(14-10-30)35(46)33(24-27-22-26(2)34-29(23-27)25-38-40-34)49-37(48)44-15-11-31(12-16-44)45-17-8-28-6-4-5-7-32(28)39-36(45)47/h4-7,22-23,25,30-31,33H,3,8-21,24H2,1-2H3,(H,38,40)(H,39,47)/t33-/m1/s1. The lowest BCUT2D eigenvalue weighted by Crippen LogP contribution is -2.55. The molecule has 262 valence electrons. The Morgan fingerprint density at radius 1 is 0.918 bits per heavy atom. The van der Waals surface area contributed by atoms with Gasteiger partial charge >= 0.3 is 12.1 Å². The first-order chi connectivity index (χ1) is 23.9. The molecule has 5 heterocycles. The highest BCUT2D eigenvalue weighted by atomic mass is 16.6. The van der Waals surface area contributed by atoms with Gasteiger partial charge in [-0.2, -0.15) is 5.10 Å². The number of amides is 4. The predicted molar refractivity (Wildman–Crippen MR) is 189 cm³/mol. The Morgan fingerprint density at radius 3 is 2.39 bits per heavy atom. The molecule has 3 aromatic rings. The molecule has 0 spiro atoms. The Kier molecular flexibility index (Phi) is 10.0. The summed E-state index contributed by atoms with van der Waals surface area (Å²) in [5.41, 5.74) is 4.95. The summed E-state index contributed by atoms with van der Waals surface area (Å²) < 4.78 is 6.14. The number of piperazine rings is 1. The molecule has 3 saturated heterocycles. The van der Waals surface area contributed by atoms with E-state index < -0.39 is 12.2 Å². The van der Waals surface area contributed by atoms with Crippen molar-refractivity contribution in [2.75, 3.05) is 70.8 Å². The van der Waals surface area contributed by atoms with Gasteiger partial charge in [0.15, 0.2) is 6.10 Å². The monoisotopic (exact) mass is 670 g/mol. The van der Waals surface area contributed by atoms with Crippen LogP contribution in [-0.2, 0) is 22.4 Å². The van der Waals surface area contributed by atoms with Crippen LogP contribution in [0.15, 0.2) is 42.6 Å². The lowest BCUT2D eigenvalue weighted by atomic mass is 9.99. The van der Waals surface area contributed by atoms with Crippen LogP contribution in [0.3, 0.4) is 0 Å². The van der Waals surface area contributed by atoms with E-state index in [1.54, 1.807) is 11.1 Å². The SMILES string of the molecule is CCN1CCN(C2CCN(C(=O)[C@@H](Cc3cc(C)c4[nH]ncc4c3)OC(=O)N3CCC(N4CCc5ccccc5NC4=O)CC3)CC2)CC1. The van der Waals surface area contributed by atoms with Gasteiger partial charge in [-0.05, 0) is 74.4 Å². The number of aromatic amines is 1. The number of likely N-dealkylation sites (N-methyl/N-ethyl adjacent to an activating group) is 1. The number of likely N-dealkylation sites (tertiary alicyclic amines) is 2. The van der Waals surface area contributed by atoms with Crippen LogP contribution in [0.4, 0.5) is 15.3 Å². The number of H-pyrrole nitrogens is 1. The van der Waals surface area contributed by atoms with Gasteiger partial charge in [-0.25, -0.2) is 9.59 Å². The van der Waals surface area contributed by atoms with Gasteiger partial charge in [-0.1, -0.05) is 31.2 Å². The smallest absolute Gasteiger partial charge is 0.410 e. The molecule has 0 radical (unpaired) electrons. The minimum Gasteiger partial charge on any atom is -0.436 e. The molecule has 1 atom stereocenters. The second-order valence-electron chi connectivity index (χ2n) is 14.1. The van der Waals surface area contributed by atoms with E-state index in [2.05, 4.69) is 38.3 Å². The van der Waals surface area contributed by atoms with Crippen molar-refractivity contribution < 1.29 is 19.1 Å². The predicted octanol–water partition coefficient (Wildman–Crippen LogP) is 4.10. The fourth-order valence-electron chi connectivity index (χ4n) is 8.22. The minimum absolute atomic E-state index is 0.0340. The number of hydrogen-bond donors (Lipinski definition) is 2. The van der Waals surface area contributed by atoms with E-state index in [4.69, 9.17) is 4.74 Å². The normalized spacial score (nSPS) is 20.9. The molecule has 12 nitrogen and oxygen atoms in total. The highest BCUT2D eigenvalue weighted by Gasteiger charge is 2.36. The molecular weight excluding hydrogens is 620 g/mol. The van der Waals surface area contributed by atoms with Crippen molar-refractivity contribution in [1.82, 2.24) is 34.7 Å². The van der Waals surface area contributed by atoms with Crippen molar-refractivity contribution in [3.8, 4) is 0 Å². The van der Waals surface area contributed by atoms with Gasteiger partial charge in [0.25, 0.3) is 5.91 Å². The Morgan fingerprint density at radius 2 is 1.63 bits per heavy atom. The van der Waals surface area contributed by atoms with Crippen molar-refractivity contribution in [2.24, 2.45) is 0 Å². The van der Waals surface area contributed by atoms with Crippen LogP contribution in [0.2, 0.25) is 0 Å². The number of nitrogens with one attached hydrogen (secondary N) is 2. The van der Waals surface area contributed by atoms with E-state index in [0.717, 1.165) is 85.3 Å². The summed E-state index contributed by atoms with van der Waals surface area (Å²) in [6, 6.07) is 12.4. The molecule has 7 rings (SSSR count). The third-order valence-electron chi connectivity index (χ3n) is 11.2. The Labute approximate surface area is 288 Å².